The number of rotatable bonds is 1. The lowest BCUT2D eigenvalue weighted by molar-refractivity contribution is -0.115. The number of benzene rings is 1. The molecule has 1 amide bonds. The van der Waals surface area contributed by atoms with E-state index in [9.17, 15) is 9.90 Å². The molecule has 0 radical (unpaired) electrons. The van der Waals surface area contributed by atoms with Crippen LogP contribution < -0.4 is 10.6 Å². The molecule has 1 aromatic rings. The zero-order chi connectivity index (χ0) is 12.6. The third-order valence-corrected chi connectivity index (χ3v) is 2.75. The highest BCUT2D eigenvalue weighted by Gasteiger charge is 2.19. The number of amides is 1. The lowest BCUT2D eigenvalue weighted by atomic mass is 10.0. The molecule has 0 spiro atoms. The quantitative estimate of drug-likeness (QED) is 0.518. The van der Waals surface area contributed by atoms with Crippen LogP contribution in [0.5, 0.6) is 5.75 Å². The summed E-state index contributed by atoms with van der Waals surface area (Å²) < 4.78 is 0. The number of hydrogen-bond donors (Lipinski definition) is 3. The first-order valence-electron chi connectivity index (χ1n) is 5.11. The monoisotopic (exact) mass is 248 g/mol. The summed E-state index contributed by atoms with van der Waals surface area (Å²) in [5.41, 5.74) is 2.82. The minimum absolute atomic E-state index is 0.238. The van der Waals surface area contributed by atoms with E-state index in [0.717, 1.165) is 16.7 Å². The molecule has 0 unspecified atom stereocenters. The molecule has 0 aromatic heterocycles. The van der Waals surface area contributed by atoms with Gasteiger partial charge in [0, 0.05) is 0 Å². The molecule has 0 saturated carbocycles. The zero-order valence-corrected chi connectivity index (χ0v) is 10.3. The molecule has 1 fully saturated rings. The largest absolute Gasteiger partial charge is 0.507 e. The molecule has 0 atom stereocenters. The molecule has 0 bridgehead atoms. The highest BCUT2D eigenvalue weighted by Crippen LogP contribution is 2.24. The molecule has 0 aliphatic carbocycles. The molecule has 17 heavy (non-hydrogen) atoms. The number of aryl methyl sites for hydroxylation is 2. The van der Waals surface area contributed by atoms with Gasteiger partial charge in [0.1, 0.15) is 11.4 Å². The maximum absolute atomic E-state index is 11.4. The fourth-order valence-electron chi connectivity index (χ4n) is 1.72. The van der Waals surface area contributed by atoms with Crippen molar-refractivity contribution in [2.24, 2.45) is 0 Å². The van der Waals surface area contributed by atoms with Gasteiger partial charge in [0.05, 0.1) is 0 Å². The van der Waals surface area contributed by atoms with Crippen LogP contribution in [0.15, 0.2) is 17.8 Å². The summed E-state index contributed by atoms with van der Waals surface area (Å²) in [4.78, 5) is 11.4. The van der Waals surface area contributed by atoms with Crippen molar-refractivity contribution in [1.82, 2.24) is 10.6 Å². The Hall–Kier alpha value is -1.88. The smallest absolute Gasteiger partial charge is 0.273 e. The molecule has 1 saturated heterocycles. The van der Waals surface area contributed by atoms with E-state index in [1.807, 2.05) is 26.0 Å². The number of carbonyl (C=O) groups excluding carboxylic acids is 1. The number of carbonyl (C=O) groups is 1. The van der Waals surface area contributed by atoms with Crippen molar-refractivity contribution in [2.75, 3.05) is 0 Å². The molecule has 5 heteroatoms. The minimum atomic E-state index is -0.238. The first kappa shape index (κ1) is 11.6. The van der Waals surface area contributed by atoms with Gasteiger partial charge in [-0.25, -0.2) is 0 Å². The van der Waals surface area contributed by atoms with Crippen LogP contribution in [0.4, 0.5) is 0 Å². The van der Waals surface area contributed by atoms with Crippen LogP contribution >= 0.6 is 12.2 Å². The SMILES string of the molecule is Cc1cc(C=C2NC(=S)NC2=O)cc(C)c1O. The Morgan fingerprint density at radius 2 is 1.82 bits per heavy atom. The lowest BCUT2D eigenvalue weighted by Crippen LogP contribution is -2.21. The van der Waals surface area contributed by atoms with Crippen LogP contribution in [-0.2, 0) is 4.79 Å². The highest BCUT2D eigenvalue weighted by molar-refractivity contribution is 7.80. The summed E-state index contributed by atoms with van der Waals surface area (Å²) in [6.07, 6.45) is 1.70. The first-order valence-corrected chi connectivity index (χ1v) is 5.52. The van der Waals surface area contributed by atoms with E-state index < -0.39 is 0 Å². The van der Waals surface area contributed by atoms with Crippen LogP contribution in [0.2, 0.25) is 0 Å². The molecular weight excluding hydrogens is 236 g/mol. The Morgan fingerprint density at radius 1 is 1.24 bits per heavy atom. The van der Waals surface area contributed by atoms with Crippen LogP contribution in [0.3, 0.4) is 0 Å². The Labute approximate surface area is 104 Å². The normalized spacial score (nSPS) is 17.2. The minimum Gasteiger partial charge on any atom is -0.507 e. The van der Waals surface area contributed by atoms with E-state index in [2.05, 4.69) is 10.6 Å². The van der Waals surface area contributed by atoms with Crippen LogP contribution in [0.25, 0.3) is 6.08 Å². The number of aromatic hydroxyl groups is 1. The zero-order valence-electron chi connectivity index (χ0n) is 9.50. The Kier molecular flexibility index (Phi) is 2.85. The van der Waals surface area contributed by atoms with Crippen molar-refractivity contribution in [3.8, 4) is 5.75 Å². The molecule has 1 heterocycles. The van der Waals surface area contributed by atoms with Gasteiger partial charge in [-0.1, -0.05) is 0 Å². The van der Waals surface area contributed by atoms with E-state index in [-0.39, 0.29) is 11.7 Å². The van der Waals surface area contributed by atoms with Gasteiger partial charge in [-0.2, -0.15) is 0 Å². The molecule has 1 aliphatic heterocycles. The van der Waals surface area contributed by atoms with Crippen molar-refractivity contribution in [3.05, 3.63) is 34.5 Å². The second-order valence-corrected chi connectivity index (χ2v) is 4.38. The van der Waals surface area contributed by atoms with Gasteiger partial charge in [-0.3, -0.25) is 10.1 Å². The van der Waals surface area contributed by atoms with Crippen molar-refractivity contribution in [3.63, 3.8) is 0 Å². The molecule has 2 rings (SSSR count). The Bertz CT molecular complexity index is 526. The van der Waals surface area contributed by atoms with Gasteiger partial charge in [-0.15, -0.1) is 0 Å². The van der Waals surface area contributed by atoms with Crippen molar-refractivity contribution in [1.29, 1.82) is 0 Å². The third-order valence-electron chi connectivity index (χ3n) is 2.54. The van der Waals surface area contributed by atoms with Crippen molar-refractivity contribution >= 4 is 29.3 Å². The molecule has 1 aromatic carbocycles. The van der Waals surface area contributed by atoms with Gasteiger partial charge < -0.3 is 10.4 Å². The summed E-state index contributed by atoms with van der Waals surface area (Å²) in [5, 5.41) is 15.2. The van der Waals surface area contributed by atoms with E-state index in [0.29, 0.717) is 10.8 Å². The van der Waals surface area contributed by atoms with E-state index >= 15 is 0 Å². The summed E-state index contributed by atoms with van der Waals surface area (Å²) >= 11 is 4.84. The fraction of sp³-hybridized carbons (Fsp3) is 0.167. The number of hydrogen-bond acceptors (Lipinski definition) is 3. The number of thiocarbonyl (C=S) groups is 1. The summed E-state index contributed by atoms with van der Waals surface area (Å²) in [7, 11) is 0. The highest BCUT2D eigenvalue weighted by atomic mass is 32.1. The van der Waals surface area contributed by atoms with Crippen LogP contribution in [-0.4, -0.2) is 16.1 Å². The second kappa shape index (κ2) is 4.18. The fourth-order valence-corrected chi connectivity index (χ4v) is 1.92. The topological polar surface area (TPSA) is 61.4 Å². The van der Waals surface area contributed by atoms with Crippen LogP contribution in [0.1, 0.15) is 16.7 Å². The predicted octanol–water partition coefficient (Wildman–Crippen LogP) is 1.35. The van der Waals surface area contributed by atoms with Crippen LogP contribution in [0, 0.1) is 13.8 Å². The Balaban J connectivity index is 2.40. The molecule has 1 aliphatic rings. The van der Waals surface area contributed by atoms with Crippen molar-refractivity contribution < 1.29 is 9.90 Å². The van der Waals surface area contributed by atoms with Gasteiger partial charge in [0.25, 0.3) is 5.91 Å². The average Bonchev–Trinajstić information content (AvgIpc) is 2.54. The predicted molar refractivity (Wildman–Crippen MR) is 69.4 cm³/mol. The standard InChI is InChI=1S/C12H12N2O2S/c1-6-3-8(4-7(2)10(6)15)5-9-11(16)14-12(17)13-9/h3-5,15H,1-2H3,(H2,13,14,16,17). The van der Waals surface area contributed by atoms with Gasteiger partial charge in [-0.05, 0) is 61.0 Å². The van der Waals surface area contributed by atoms with E-state index in [1.165, 1.54) is 0 Å². The molecule has 88 valence electrons. The molecule has 3 N–H and O–H groups in total. The number of phenolic OH excluding ortho intramolecular Hbond substituents is 1. The first-order chi connectivity index (χ1) is 7.97. The van der Waals surface area contributed by atoms with Gasteiger partial charge >= 0.3 is 0 Å². The number of phenols is 1. The third kappa shape index (κ3) is 2.29. The van der Waals surface area contributed by atoms with Crippen molar-refractivity contribution in [2.45, 2.75) is 13.8 Å². The van der Waals surface area contributed by atoms with E-state index in [1.54, 1.807) is 6.08 Å². The second-order valence-electron chi connectivity index (χ2n) is 3.97. The molecule has 4 nitrogen and oxygen atoms in total. The van der Waals surface area contributed by atoms with Gasteiger partial charge in [0.15, 0.2) is 5.11 Å². The number of nitrogens with one attached hydrogen (secondary N) is 2. The van der Waals surface area contributed by atoms with E-state index in [4.69, 9.17) is 12.2 Å². The maximum Gasteiger partial charge on any atom is 0.273 e. The summed E-state index contributed by atoms with van der Waals surface area (Å²) in [6.45, 7) is 3.63. The maximum atomic E-state index is 11.4. The van der Waals surface area contributed by atoms with Gasteiger partial charge in [0.2, 0.25) is 0 Å². The molecular formula is C12H12N2O2S. The average molecular weight is 248 g/mol. The Morgan fingerprint density at radius 3 is 2.29 bits per heavy atom. The lowest BCUT2D eigenvalue weighted by Gasteiger charge is -2.05. The summed E-state index contributed by atoms with van der Waals surface area (Å²) in [6, 6.07) is 3.62. The summed E-state index contributed by atoms with van der Waals surface area (Å²) in [5.74, 6) is 0.0462.